The number of hydrogen-bond donors (Lipinski definition) is 1. The molecule has 84 valence electrons. The summed E-state index contributed by atoms with van der Waals surface area (Å²) in [4.78, 5) is 14.8. The Morgan fingerprint density at radius 1 is 1.65 bits per heavy atom. The summed E-state index contributed by atoms with van der Waals surface area (Å²) in [5, 5.41) is 19.6. The summed E-state index contributed by atoms with van der Waals surface area (Å²) in [5.41, 5.74) is 0.0849. The molecular formula is C11H6N2O3S. The number of furan rings is 1. The summed E-state index contributed by atoms with van der Waals surface area (Å²) in [6.45, 7) is 0. The van der Waals surface area contributed by atoms with Crippen LogP contribution in [-0.4, -0.2) is 16.1 Å². The fraction of sp³-hybridized carbons (Fsp3) is 0. The third kappa shape index (κ3) is 2.41. The van der Waals surface area contributed by atoms with Crippen LogP contribution in [0.3, 0.4) is 0 Å². The standard InChI is InChI=1S/C11H6N2O3S/c12-5-7(11(14)15)4-8-6-17-10(13-8)9-2-1-3-16-9/h1-4,6H,(H,14,15)/b7-4+. The van der Waals surface area contributed by atoms with Gasteiger partial charge in [0.1, 0.15) is 11.6 Å². The Bertz CT molecular complexity index is 605. The van der Waals surface area contributed by atoms with Crippen molar-refractivity contribution >= 4 is 23.4 Å². The number of aliphatic carboxylic acids is 1. The highest BCUT2D eigenvalue weighted by Crippen LogP contribution is 2.24. The van der Waals surface area contributed by atoms with Crippen LogP contribution in [0, 0.1) is 11.3 Å². The van der Waals surface area contributed by atoms with E-state index in [4.69, 9.17) is 14.8 Å². The fourth-order valence-electron chi connectivity index (χ4n) is 1.16. The third-order valence-corrected chi connectivity index (χ3v) is 2.77. The fourth-order valence-corrected chi connectivity index (χ4v) is 1.90. The zero-order chi connectivity index (χ0) is 12.3. The van der Waals surface area contributed by atoms with Gasteiger partial charge in [-0.15, -0.1) is 11.3 Å². The first-order valence-corrected chi connectivity index (χ1v) is 5.43. The quantitative estimate of drug-likeness (QED) is 0.663. The number of carboxylic acids is 1. The predicted molar refractivity (Wildman–Crippen MR) is 61.0 cm³/mol. The molecule has 0 aliphatic rings. The Morgan fingerprint density at radius 3 is 3.06 bits per heavy atom. The first kappa shape index (κ1) is 11.1. The molecule has 0 aromatic carbocycles. The van der Waals surface area contributed by atoms with Crippen molar-refractivity contribution in [2.45, 2.75) is 0 Å². The lowest BCUT2D eigenvalue weighted by Crippen LogP contribution is -1.97. The zero-order valence-corrected chi connectivity index (χ0v) is 9.27. The molecule has 2 aromatic rings. The van der Waals surface area contributed by atoms with Crippen LogP contribution in [0.4, 0.5) is 0 Å². The van der Waals surface area contributed by atoms with Gasteiger partial charge in [-0.3, -0.25) is 0 Å². The van der Waals surface area contributed by atoms with Crippen molar-refractivity contribution in [1.82, 2.24) is 4.98 Å². The van der Waals surface area contributed by atoms with E-state index in [2.05, 4.69) is 4.98 Å². The molecule has 0 aliphatic heterocycles. The molecule has 0 amide bonds. The summed E-state index contributed by atoms with van der Waals surface area (Å²) in [5.74, 6) is -0.650. The minimum atomic E-state index is -1.26. The van der Waals surface area contributed by atoms with E-state index in [0.717, 1.165) is 0 Å². The molecule has 0 radical (unpaired) electrons. The average Bonchev–Trinajstić information content (AvgIpc) is 2.95. The summed E-state index contributed by atoms with van der Waals surface area (Å²) < 4.78 is 5.16. The van der Waals surface area contributed by atoms with Crippen molar-refractivity contribution in [3.63, 3.8) is 0 Å². The summed E-state index contributed by atoms with van der Waals surface area (Å²) in [6.07, 6.45) is 2.76. The highest BCUT2D eigenvalue weighted by atomic mass is 32.1. The molecule has 6 heteroatoms. The predicted octanol–water partition coefficient (Wildman–Crippen LogP) is 2.39. The maximum Gasteiger partial charge on any atom is 0.346 e. The van der Waals surface area contributed by atoms with Gasteiger partial charge in [-0.25, -0.2) is 9.78 Å². The molecule has 0 aliphatic carbocycles. The van der Waals surface area contributed by atoms with Crippen LogP contribution in [0.5, 0.6) is 0 Å². The lowest BCUT2D eigenvalue weighted by molar-refractivity contribution is -0.132. The number of carboxylic acid groups (broad SMARTS) is 1. The topological polar surface area (TPSA) is 87.1 Å². The largest absolute Gasteiger partial charge is 0.477 e. The highest BCUT2D eigenvalue weighted by molar-refractivity contribution is 7.13. The maximum atomic E-state index is 10.6. The van der Waals surface area contributed by atoms with Gasteiger partial charge < -0.3 is 9.52 Å². The number of hydrogen-bond acceptors (Lipinski definition) is 5. The summed E-state index contributed by atoms with van der Waals surface area (Å²) in [7, 11) is 0. The highest BCUT2D eigenvalue weighted by Gasteiger charge is 2.09. The van der Waals surface area contributed by atoms with Gasteiger partial charge in [0.15, 0.2) is 10.8 Å². The smallest absolute Gasteiger partial charge is 0.346 e. The molecule has 0 spiro atoms. The van der Waals surface area contributed by atoms with E-state index in [1.54, 1.807) is 23.6 Å². The SMILES string of the molecule is N#C/C(=C\c1csc(-c2ccco2)n1)C(=O)O. The van der Waals surface area contributed by atoms with Gasteiger partial charge in [0.25, 0.3) is 0 Å². The van der Waals surface area contributed by atoms with Crippen LogP contribution in [0.1, 0.15) is 5.69 Å². The number of rotatable bonds is 3. The second-order valence-corrected chi connectivity index (χ2v) is 3.89. The molecule has 1 N–H and O–H groups in total. The van der Waals surface area contributed by atoms with Crippen molar-refractivity contribution in [1.29, 1.82) is 5.26 Å². The number of nitriles is 1. The molecule has 17 heavy (non-hydrogen) atoms. The van der Waals surface area contributed by atoms with Gasteiger partial charge in [0, 0.05) is 5.38 Å². The number of aromatic nitrogens is 1. The monoisotopic (exact) mass is 246 g/mol. The molecule has 5 nitrogen and oxygen atoms in total. The van der Waals surface area contributed by atoms with Gasteiger partial charge in [0.2, 0.25) is 0 Å². The molecule has 0 saturated heterocycles. The Kier molecular flexibility index (Phi) is 3.03. The first-order valence-electron chi connectivity index (χ1n) is 4.55. The number of thiazole rings is 1. The Morgan fingerprint density at radius 2 is 2.47 bits per heavy atom. The number of carbonyl (C=O) groups is 1. The van der Waals surface area contributed by atoms with Gasteiger partial charge in [0.05, 0.1) is 12.0 Å². The lowest BCUT2D eigenvalue weighted by Gasteiger charge is -1.88. The third-order valence-electron chi connectivity index (χ3n) is 1.90. The lowest BCUT2D eigenvalue weighted by atomic mass is 10.2. The van der Waals surface area contributed by atoms with Crippen molar-refractivity contribution in [3.05, 3.63) is 35.0 Å². The van der Waals surface area contributed by atoms with Crippen LogP contribution < -0.4 is 0 Å². The van der Waals surface area contributed by atoms with Crippen molar-refractivity contribution in [2.24, 2.45) is 0 Å². The van der Waals surface area contributed by atoms with Crippen molar-refractivity contribution in [3.8, 4) is 16.8 Å². The minimum absolute atomic E-state index is 0.346. The van der Waals surface area contributed by atoms with Crippen LogP contribution >= 0.6 is 11.3 Å². The van der Waals surface area contributed by atoms with Gasteiger partial charge in [-0.05, 0) is 18.2 Å². The normalized spacial score (nSPS) is 11.1. The zero-order valence-electron chi connectivity index (χ0n) is 8.45. The molecule has 0 saturated carbocycles. The van der Waals surface area contributed by atoms with Crippen LogP contribution in [0.15, 0.2) is 33.8 Å². The Hall–Kier alpha value is -2.39. The van der Waals surface area contributed by atoms with E-state index >= 15 is 0 Å². The average molecular weight is 246 g/mol. The van der Waals surface area contributed by atoms with E-state index in [1.165, 1.54) is 23.7 Å². The minimum Gasteiger partial charge on any atom is -0.477 e. The van der Waals surface area contributed by atoms with Crippen molar-refractivity contribution < 1.29 is 14.3 Å². The van der Waals surface area contributed by atoms with E-state index in [9.17, 15) is 4.79 Å². The van der Waals surface area contributed by atoms with E-state index in [-0.39, 0.29) is 5.57 Å². The van der Waals surface area contributed by atoms with E-state index < -0.39 is 5.97 Å². The summed E-state index contributed by atoms with van der Waals surface area (Å²) in [6, 6.07) is 5.10. The maximum absolute atomic E-state index is 10.6. The molecule has 0 fully saturated rings. The van der Waals surface area contributed by atoms with Crippen LogP contribution in [0.2, 0.25) is 0 Å². The molecule has 2 rings (SSSR count). The summed E-state index contributed by atoms with van der Waals surface area (Å²) >= 11 is 1.32. The second-order valence-electron chi connectivity index (χ2n) is 3.03. The molecule has 2 heterocycles. The van der Waals surface area contributed by atoms with Crippen LogP contribution in [-0.2, 0) is 4.79 Å². The molecule has 0 unspecified atom stereocenters. The first-order chi connectivity index (χ1) is 8.20. The Balaban J connectivity index is 2.31. The van der Waals surface area contributed by atoms with E-state index in [1.807, 2.05) is 0 Å². The van der Waals surface area contributed by atoms with Gasteiger partial charge in [-0.1, -0.05) is 0 Å². The molecule has 2 aromatic heterocycles. The molecule has 0 atom stereocenters. The molecule has 0 bridgehead atoms. The van der Waals surface area contributed by atoms with Crippen LogP contribution in [0.25, 0.3) is 16.8 Å². The van der Waals surface area contributed by atoms with Crippen molar-refractivity contribution in [2.75, 3.05) is 0 Å². The second kappa shape index (κ2) is 4.63. The Labute approximate surface area is 100 Å². The van der Waals surface area contributed by atoms with E-state index in [0.29, 0.717) is 16.5 Å². The van der Waals surface area contributed by atoms with Gasteiger partial charge >= 0.3 is 5.97 Å². The number of nitrogens with zero attached hydrogens (tertiary/aromatic N) is 2. The van der Waals surface area contributed by atoms with Gasteiger partial charge in [-0.2, -0.15) is 5.26 Å². The molecular weight excluding hydrogens is 240 g/mol.